The van der Waals surface area contributed by atoms with Gasteiger partial charge in [-0.2, -0.15) is 0 Å². The number of ketones is 1. The number of ether oxygens (including phenoxy) is 2. The van der Waals surface area contributed by atoms with Gasteiger partial charge in [-0.05, 0) is 43.2 Å². The van der Waals surface area contributed by atoms with Gasteiger partial charge in [-0.1, -0.05) is 23.9 Å². The van der Waals surface area contributed by atoms with Gasteiger partial charge in [-0.3, -0.25) is 14.2 Å². The largest absolute Gasteiger partial charge is 0.493 e. The smallest absolute Gasteiger partial charge is 0.262 e. The highest BCUT2D eigenvalue weighted by Gasteiger charge is 2.28. The molecule has 0 spiro atoms. The van der Waals surface area contributed by atoms with Crippen molar-refractivity contribution in [1.82, 2.24) is 9.55 Å². The molecule has 1 saturated carbocycles. The third-order valence-corrected chi connectivity index (χ3v) is 5.68. The molecule has 3 aromatic rings. The second-order valence-electron chi connectivity index (χ2n) is 6.60. The van der Waals surface area contributed by atoms with E-state index < -0.39 is 0 Å². The molecule has 7 heteroatoms. The fraction of sp³-hybridized carbons (Fsp3) is 0.286. The number of nitrogens with zero attached hydrogens (tertiary/aromatic N) is 2. The van der Waals surface area contributed by atoms with Crippen molar-refractivity contribution in [3.05, 3.63) is 58.4 Å². The minimum absolute atomic E-state index is 0.0332. The topological polar surface area (TPSA) is 70.4 Å². The summed E-state index contributed by atoms with van der Waals surface area (Å²) >= 11 is 1.30. The molecule has 1 aliphatic carbocycles. The molecule has 6 nitrogen and oxygen atoms in total. The van der Waals surface area contributed by atoms with Crippen LogP contribution in [-0.2, 0) is 0 Å². The van der Waals surface area contributed by atoms with Crippen LogP contribution in [0.5, 0.6) is 11.5 Å². The van der Waals surface area contributed by atoms with Crippen LogP contribution in [-0.4, -0.2) is 35.3 Å². The number of hydrogen-bond acceptors (Lipinski definition) is 6. The molecule has 1 fully saturated rings. The van der Waals surface area contributed by atoms with Gasteiger partial charge in [-0.15, -0.1) is 0 Å². The molecule has 4 rings (SSSR count). The molecule has 28 heavy (non-hydrogen) atoms. The highest BCUT2D eigenvalue weighted by molar-refractivity contribution is 7.99. The average Bonchev–Trinajstić information content (AvgIpc) is 3.56. The molecule has 1 heterocycles. The Bertz CT molecular complexity index is 1110. The van der Waals surface area contributed by atoms with Gasteiger partial charge in [0.2, 0.25) is 0 Å². The number of benzene rings is 2. The van der Waals surface area contributed by atoms with Gasteiger partial charge in [-0.25, -0.2) is 4.98 Å². The first kappa shape index (κ1) is 18.6. The zero-order valence-electron chi connectivity index (χ0n) is 15.7. The fourth-order valence-electron chi connectivity index (χ4n) is 3.11. The summed E-state index contributed by atoms with van der Waals surface area (Å²) in [7, 11) is 3.09. The molecule has 1 aliphatic rings. The highest BCUT2D eigenvalue weighted by atomic mass is 32.2. The van der Waals surface area contributed by atoms with Crippen LogP contribution in [0.2, 0.25) is 0 Å². The predicted octanol–water partition coefficient (Wildman–Crippen LogP) is 3.72. The zero-order valence-corrected chi connectivity index (χ0v) is 16.5. The molecule has 0 bridgehead atoms. The average molecular weight is 396 g/mol. The molecule has 2 aromatic carbocycles. The van der Waals surface area contributed by atoms with E-state index in [1.54, 1.807) is 35.9 Å². The number of fused-ring (bicyclic) bond motifs is 1. The minimum Gasteiger partial charge on any atom is -0.493 e. The van der Waals surface area contributed by atoms with Crippen molar-refractivity contribution in [2.45, 2.75) is 24.0 Å². The lowest BCUT2D eigenvalue weighted by Gasteiger charge is -2.12. The Morgan fingerprint density at radius 1 is 1.14 bits per heavy atom. The lowest BCUT2D eigenvalue weighted by atomic mass is 10.1. The van der Waals surface area contributed by atoms with Crippen LogP contribution in [0.15, 0.2) is 52.4 Å². The van der Waals surface area contributed by atoms with Crippen LogP contribution >= 0.6 is 11.8 Å². The van der Waals surface area contributed by atoms with Gasteiger partial charge in [0.1, 0.15) is 0 Å². The predicted molar refractivity (Wildman–Crippen MR) is 109 cm³/mol. The number of rotatable bonds is 7. The van der Waals surface area contributed by atoms with Crippen LogP contribution < -0.4 is 15.0 Å². The summed E-state index contributed by atoms with van der Waals surface area (Å²) in [6.07, 6.45) is 1.94. The number of thioether (sulfide) groups is 1. The Balaban J connectivity index is 1.61. The molecular formula is C21H20N2O4S. The summed E-state index contributed by atoms with van der Waals surface area (Å²) in [5, 5.41) is 1.21. The molecular weight excluding hydrogens is 376 g/mol. The number of para-hydroxylation sites is 1. The van der Waals surface area contributed by atoms with Gasteiger partial charge in [0.25, 0.3) is 5.56 Å². The van der Waals surface area contributed by atoms with Gasteiger partial charge < -0.3 is 9.47 Å². The van der Waals surface area contributed by atoms with Crippen molar-refractivity contribution in [3.63, 3.8) is 0 Å². The van der Waals surface area contributed by atoms with Crippen molar-refractivity contribution in [3.8, 4) is 11.5 Å². The van der Waals surface area contributed by atoms with Gasteiger partial charge >= 0.3 is 0 Å². The number of carbonyl (C=O) groups excluding carboxylic acids is 1. The van der Waals surface area contributed by atoms with Gasteiger partial charge in [0, 0.05) is 11.6 Å². The summed E-state index contributed by atoms with van der Waals surface area (Å²) < 4.78 is 12.2. The number of methoxy groups -OCH3 is 2. The summed E-state index contributed by atoms with van der Waals surface area (Å²) in [6, 6.07) is 12.6. The van der Waals surface area contributed by atoms with Crippen molar-refractivity contribution in [1.29, 1.82) is 0 Å². The van der Waals surface area contributed by atoms with Crippen molar-refractivity contribution < 1.29 is 14.3 Å². The van der Waals surface area contributed by atoms with Crippen molar-refractivity contribution in [2.24, 2.45) is 0 Å². The Morgan fingerprint density at radius 2 is 1.89 bits per heavy atom. The second kappa shape index (κ2) is 7.67. The third-order valence-electron chi connectivity index (χ3n) is 4.73. The lowest BCUT2D eigenvalue weighted by Crippen LogP contribution is -2.22. The van der Waals surface area contributed by atoms with Crippen LogP contribution in [0, 0.1) is 0 Å². The first-order chi connectivity index (χ1) is 13.6. The molecule has 0 radical (unpaired) electrons. The Morgan fingerprint density at radius 3 is 2.61 bits per heavy atom. The Labute approximate surface area is 166 Å². The summed E-state index contributed by atoms with van der Waals surface area (Å²) in [4.78, 5) is 30.2. The molecule has 1 aromatic heterocycles. The van der Waals surface area contributed by atoms with E-state index >= 15 is 0 Å². The van der Waals surface area contributed by atoms with Crippen molar-refractivity contribution in [2.75, 3.05) is 20.0 Å². The summed E-state index contributed by atoms with van der Waals surface area (Å²) in [6.45, 7) is 0. The van der Waals surface area contributed by atoms with E-state index in [0.29, 0.717) is 33.1 Å². The quantitative estimate of drug-likeness (QED) is 0.344. The van der Waals surface area contributed by atoms with Crippen LogP contribution in [0.3, 0.4) is 0 Å². The Kier molecular flexibility index (Phi) is 5.09. The standard InChI is InChI=1S/C21H20N2O4S/c1-26-18-10-7-13(11-19(18)27-2)17(24)12-28-21-22-16-6-4-3-5-15(16)20(25)23(21)14-8-9-14/h3-7,10-11,14H,8-9,12H2,1-2H3. The van der Waals surface area contributed by atoms with Crippen LogP contribution in [0.1, 0.15) is 29.2 Å². The van der Waals surface area contributed by atoms with E-state index in [0.717, 1.165) is 12.8 Å². The summed E-state index contributed by atoms with van der Waals surface area (Å²) in [5.41, 5.74) is 1.16. The molecule has 144 valence electrons. The van der Waals surface area contributed by atoms with Gasteiger partial charge in [0.05, 0.1) is 30.9 Å². The monoisotopic (exact) mass is 396 g/mol. The maximum atomic E-state index is 12.9. The number of aromatic nitrogens is 2. The molecule has 0 unspecified atom stereocenters. The minimum atomic E-state index is -0.0595. The third kappa shape index (κ3) is 3.49. The first-order valence-electron chi connectivity index (χ1n) is 9.01. The van der Waals surface area contributed by atoms with Crippen molar-refractivity contribution >= 4 is 28.4 Å². The maximum absolute atomic E-state index is 12.9. The van der Waals surface area contributed by atoms with Crippen LogP contribution in [0.4, 0.5) is 0 Å². The molecule has 0 amide bonds. The van der Waals surface area contributed by atoms with E-state index in [9.17, 15) is 9.59 Å². The molecule has 0 atom stereocenters. The van der Waals surface area contributed by atoms with Gasteiger partial charge in [0.15, 0.2) is 22.4 Å². The first-order valence-corrected chi connectivity index (χ1v) is 10.00. The van der Waals surface area contributed by atoms with E-state index in [4.69, 9.17) is 9.47 Å². The van der Waals surface area contributed by atoms with E-state index in [1.165, 1.54) is 18.9 Å². The summed E-state index contributed by atoms with van der Waals surface area (Å²) in [5.74, 6) is 1.21. The fourth-order valence-corrected chi connectivity index (χ4v) is 4.07. The molecule has 0 saturated heterocycles. The molecule has 0 N–H and O–H groups in total. The molecule has 0 aliphatic heterocycles. The zero-order chi connectivity index (χ0) is 19.7. The SMILES string of the molecule is COc1ccc(C(=O)CSc2nc3ccccc3c(=O)n2C2CC2)cc1OC. The van der Waals surface area contributed by atoms with E-state index in [-0.39, 0.29) is 23.1 Å². The maximum Gasteiger partial charge on any atom is 0.262 e. The second-order valence-corrected chi connectivity index (χ2v) is 7.54. The van der Waals surface area contributed by atoms with E-state index in [1.807, 2.05) is 18.2 Å². The van der Waals surface area contributed by atoms with E-state index in [2.05, 4.69) is 4.98 Å². The highest BCUT2D eigenvalue weighted by Crippen LogP contribution is 2.37. The number of carbonyl (C=O) groups is 1. The lowest BCUT2D eigenvalue weighted by molar-refractivity contribution is 0.102. The normalized spacial score (nSPS) is 13.5. The number of hydrogen-bond donors (Lipinski definition) is 0. The Hall–Kier alpha value is -2.80. The number of Topliss-reactive ketones (excluding diaryl/α,β-unsaturated/α-hetero) is 1. The van der Waals surface area contributed by atoms with Crippen LogP contribution in [0.25, 0.3) is 10.9 Å².